The molecule has 0 aromatic carbocycles. The fourth-order valence-electron chi connectivity index (χ4n) is 1.28. The summed E-state index contributed by atoms with van der Waals surface area (Å²) in [6.07, 6.45) is 12.0. The Morgan fingerprint density at radius 3 is 2.67 bits per heavy atom. The van der Waals surface area contributed by atoms with Crippen molar-refractivity contribution in [2.24, 2.45) is 0 Å². The molecular weight excluding hydrogens is 182 g/mol. The van der Waals surface area contributed by atoms with E-state index in [4.69, 9.17) is 0 Å². The Morgan fingerprint density at radius 1 is 1.33 bits per heavy atom. The van der Waals surface area contributed by atoms with Crippen LogP contribution in [0.5, 0.6) is 0 Å². The predicted molar refractivity (Wildman–Crippen MR) is 69.9 cm³/mol. The van der Waals surface area contributed by atoms with Crippen LogP contribution in [0.25, 0.3) is 0 Å². The Bertz CT molecular complexity index is 203. The molecule has 1 nitrogen and oxygen atoms in total. The van der Waals surface area contributed by atoms with Crippen LogP contribution in [0.4, 0.5) is 0 Å². The van der Waals surface area contributed by atoms with E-state index < -0.39 is 0 Å². The van der Waals surface area contributed by atoms with Crippen molar-refractivity contribution < 1.29 is 0 Å². The first-order valence-corrected chi connectivity index (χ1v) is 5.85. The number of allylic oxidation sites excluding steroid dienone is 3. The molecule has 0 spiro atoms. The first-order valence-electron chi connectivity index (χ1n) is 5.85. The van der Waals surface area contributed by atoms with Gasteiger partial charge in [0.05, 0.1) is 0 Å². The lowest BCUT2D eigenvalue weighted by Gasteiger charge is -2.12. The summed E-state index contributed by atoms with van der Waals surface area (Å²) in [5.74, 6) is 0. The molecule has 0 unspecified atom stereocenters. The van der Waals surface area contributed by atoms with Gasteiger partial charge in [-0.2, -0.15) is 0 Å². The van der Waals surface area contributed by atoms with Crippen LogP contribution in [0.2, 0.25) is 0 Å². The van der Waals surface area contributed by atoms with Gasteiger partial charge in [-0.3, -0.25) is 0 Å². The molecule has 0 amide bonds. The maximum absolute atomic E-state index is 3.99. The minimum Gasteiger partial charge on any atom is -0.381 e. The molecule has 0 N–H and O–H groups in total. The lowest BCUT2D eigenvalue weighted by molar-refractivity contribution is 0.444. The van der Waals surface area contributed by atoms with Crippen LogP contribution >= 0.6 is 0 Å². The summed E-state index contributed by atoms with van der Waals surface area (Å²) >= 11 is 0. The first-order chi connectivity index (χ1) is 7.20. The molecule has 1 heteroatoms. The van der Waals surface area contributed by atoms with Gasteiger partial charge >= 0.3 is 0 Å². The van der Waals surface area contributed by atoms with E-state index in [0.717, 1.165) is 32.2 Å². The lowest BCUT2D eigenvalue weighted by Crippen LogP contribution is -2.11. The van der Waals surface area contributed by atoms with Gasteiger partial charge in [-0.25, -0.2) is 0 Å². The van der Waals surface area contributed by atoms with Crippen LogP contribution in [0, 0.1) is 0 Å². The quantitative estimate of drug-likeness (QED) is 0.405. The van der Waals surface area contributed by atoms with Crippen LogP contribution in [0.15, 0.2) is 37.1 Å². The normalized spacial score (nSPS) is 10.5. The maximum atomic E-state index is 3.99. The van der Waals surface area contributed by atoms with Crippen molar-refractivity contribution in [1.29, 1.82) is 0 Å². The average molecular weight is 207 g/mol. The lowest BCUT2D eigenvalue weighted by atomic mass is 10.1. The van der Waals surface area contributed by atoms with Crippen LogP contribution in [-0.4, -0.2) is 18.5 Å². The number of hydrogen-bond acceptors (Lipinski definition) is 1. The molecule has 0 aliphatic heterocycles. The fraction of sp³-hybridized carbons (Fsp3) is 0.571. The first kappa shape index (κ1) is 14.0. The molecule has 0 saturated carbocycles. The van der Waals surface area contributed by atoms with E-state index in [1.165, 1.54) is 12.0 Å². The topological polar surface area (TPSA) is 3.24 Å². The highest BCUT2D eigenvalue weighted by Crippen LogP contribution is 2.06. The van der Waals surface area contributed by atoms with Gasteiger partial charge in [0.1, 0.15) is 0 Å². The van der Waals surface area contributed by atoms with Crippen LogP contribution in [0.3, 0.4) is 0 Å². The SMILES string of the molecule is C=CCCCN(C)/C=C\CCC(=C)CC. The van der Waals surface area contributed by atoms with E-state index >= 15 is 0 Å². The van der Waals surface area contributed by atoms with Crippen molar-refractivity contribution in [1.82, 2.24) is 4.90 Å². The summed E-state index contributed by atoms with van der Waals surface area (Å²) in [7, 11) is 2.12. The molecule has 0 heterocycles. The third-order valence-corrected chi connectivity index (χ3v) is 2.44. The summed E-state index contributed by atoms with van der Waals surface area (Å²) in [6.45, 7) is 11.0. The minimum atomic E-state index is 1.10. The third-order valence-electron chi connectivity index (χ3n) is 2.44. The number of hydrogen-bond donors (Lipinski definition) is 0. The second-order valence-corrected chi connectivity index (χ2v) is 3.94. The van der Waals surface area contributed by atoms with Crippen LogP contribution < -0.4 is 0 Å². The van der Waals surface area contributed by atoms with Gasteiger partial charge in [0.25, 0.3) is 0 Å². The van der Waals surface area contributed by atoms with Crippen molar-refractivity contribution in [3.05, 3.63) is 37.1 Å². The number of rotatable bonds is 9. The zero-order valence-corrected chi connectivity index (χ0v) is 10.3. The van der Waals surface area contributed by atoms with Gasteiger partial charge in [-0.1, -0.05) is 31.2 Å². The van der Waals surface area contributed by atoms with Gasteiger partial charge in [0, 0.05) is 13.6 Å². The monoisotopic (exact) mass is 207 g/mol. The molecule has 0 aromatic heterocycles. The van der Waals surface area contributed by atoms with Gasteiger partial charge in [-0.05, 0) is 38.3 Å². The van der Waals surface area contributed by atoms with Gasteiger partial charge in [0.15, 0.2) is 0 Å². The highest BCUT2D eigenvalue weighted by atomic mass is 15.1. The molecular formula is C14H25N. The summed E-state index contributed by atoms with van der Waals surface area (Å²) in [5, 5.41) is 0. The number of unbranched alkanes of at least 4 members (excludes halogenated alkanes) is 1. The molecule has 0 fully saturated rings. The van der Waals surface area contributed by atoms with E-state index in [1.807, 2.05) is 6.08 Å². The number of nitrogens with zero attached hydrogens (tertiary/aromatic N) is 1. The molecule has 15 heavy (non-hydrogen) atoms. The summed E-state index contributed by atoms with van der Waals surface area (Å²) in [6, 6.07) is 0. The average Bonchev–Trinajstić information content (AvgIpc) is 2.24. The molecule has 0 aromatic rings. The largest absolute Gasteiger partial charge is 0.381 e. The summed E-state index contributed by atoms with van der Waals surface area (Å²) in [5.41, 5.74) is 1.34. The second kappa shape index (κ2) is 9.57. The molecule has 0 rings (SSSR count). The zero-order chi connectivity index (χ0) is 11.5. The Morgan fingerprint density at radius 2 is 2.07 bits per heavy atom. The molecule has 0 aliphatic rings. The van der Waals surface area contributed by atoms with Gasteiger partial charge < -0.3 is 4.90 Å². The third kappa shape index (κ3) is 9.33. The Balaban J connectivity index is 3.49. The standard InChI is InChI=1S/C14H25N/c1-5-7-9-12-15(4)13-10-8-11-14(3)6-2/h5,10,13H,1,3,6-9,11-12H2,2,4H3/b13-10-. The highest BCUT2D eigenvalue weighted by molar-refractivity contribution is 4.95. The molecule has 0 radical (unpaired) electrons. The smallest absolute Gasteiger partial charge is 0.0172 e. The van der Waals surface area contributed by atoms with Crippen molar-refractivity contribution in [3.63, 3.8) is 0 Å². The minimum absolute atomic E-state index is 1.10. The van der Waals surface area contributed by atoms with Crippen molar-refractivity contribution in [3.8, 4) is 0 Å². The van der Waals surface area contributed by atoms with E-state index in [2.05, 4.69) is 44.3 Å². The van der Waals surface area contributed by atoms with Gasteiger partial charge in [-0.15, -0.1) is 6.58 Å². The van der Waals surface area contributed by atoms with Crippen molar-refractivity contribution in [2.75, 3.05) is 13.6 Å². The van der Waals surface area contributed by atoms with Crippen LogP contribution in [-0.2, 0) is 0 Å². The van der Waals surface area contributed by atoms with E-state index in [-0.39, 0.29) is 0 Å². The maximum Gasteiger partial charge on any atom is 0.0172 e. The summed E-state index contributed by atoms with van der Waals surface area (Å²) < 4.78 is 0. The van der Waals surface area contributed by atoms with E-state index in [1.54, 1.807) is 0 Å². The highest BCUT2D eigenvalue weighted by Gasteiger charge is 1.91. The molecule has 0 atom stereocenters. The molecule has 86 valence electrons. The molecule has 0 bridgehead atoms. The Labute approximate surface area is 95.2 Å². The Hall–Kier alpha value is -0.980. The van der Waals surface area contributed by atoms with Gasteiger partial charge in [0.2, 0.25) is 0 Å². The molecule has 0 saturated heterocycles. The zero-order valence-electron chi connectivity index (χ0n) is 10.3. The second-order valence-electron chi connectivity index (χ2n) is 3.94. The fourth-order valence-corrected chi connectivity index (χ4v) is 1.28. The predicted octanol–water partition coefficient (Wildman–Crippen LogP) is 4.14. The van der Waals surface area contributed by atoms with Crippen molar-refractivity contribution >= 4 is 0 Å². The van der Waals surface area contributed by atoms with Crippen LogP contribution in [0.1, 0.15) is 39.0 Å². The van der Waals surface area contributed by atoms with E-state index in [0.29, 0.717) is 0 Å². The van der Waals surface area contributed by atoms with E-state index in [9.17, 15) is 0 Å². The Kier molecular flexibility index (Phi) is 8.95. The molecule has 0 aliphatic carbocycles. The summed E-state index contributed by atoms with van der Waals surface area (Å²) in [4.78, 5) is 2.23. The van der Waals surface area contributed by atoms with Crippen molar-refractivity contribution in [2.45, 2.75) is 39.0 Å².